The van der Waals surface area contributed by atoms with Crippen molar-refractivity contribution < 1.29 is 19.4 Å². The number of amides is 1. The minimum absolute atomic E-state index is 0.146. The van der Waals surface area contributed by atoms with Crippen molar-refractivity contribution in [3.05, 3.63) is 64.3 Å². The number of aliphatic carboxylic acids is 1. The number of carboxylic acid groups (broad SMARTS) is 1. The molecule has 0 spiro atoms. The van der Waals surface area contributed by atoms with E-state index in [0.717, 1.165) is 16.5 Å². The highest BCUT2D eigenvalue weighted by molar-refractivity contribution is 6.35. The van der Waals surface area contributed by atoms with Gasteiger partial charge in [-0.3, -0.25) is 4.79 Å². The van der Waals surface area contributed by atoms with Crippen molar-refractivity contribution in [3.8, 4) is 5.75 Å². The quantitative estimate of drug-likeness (QED) is 0.558. The lowest BCUT2D eigenvalue weighted by Crippen LogP contribution is -2.44. The number of ether oxygens (including phenoxy) is 1. The number of para-hydroxylation sites is 1. The molecule has 0 aliphatic carbocycles. The van der Waals surface area contributed by atoms with E-state index in [4.69, 9.17) is 27.9 Å². The van der Waals surface area contributed by atoms with Crippen LogP contribution in [0.25, 0.3) is 10.9 Å². The van der Waals surface area contributed by atoms with E-state index in [1.54, 1.807) is 18.3 Å². The summed E-state index contributed by atoms with van der Waals surface area (Å²) in [5.41, 5.74) is 1.71. The van der Waals surface area contributed by atoms with Gasteiger partial charge in [-0.05, 0) is 29.8 Å². The number of fused-ring (bicyclic) bond motifs is 1. The summed E-state index contributed by atoms with van der Waals surface area (Å²) in [6, 6.07) is 11.1. The van der Waals surface area contributed by atoms with Gasteiger partial charge in [-0.1, -0.05) is 41.4 Å². The van der Waals surface area contributed by atoms with Crippen LogP contribution in [-0.4, -0.2) is 34.6 Å². The molecule has 6 nitrogen and oxygen atoms in total. The van der Waals surface area contributed by atoms with Gasteiger partial charge in [-0.25, -0.2) is 4.79 Å². The third-order valence-electron chi connectivity index (χ3n) is 3.98. The molecule has 1 aromatic heterocycles. The summed E-state index contributed by atoms with van der Waals surface area (Å²) >= 11 is 11.8. The Morgan fingerprint density at radius 1 is 1.19 bits per heavy atom. The number of hydrogen-bond acceptors (Lipinski definition) is 3. The number of aromatic amines is 1. The maximum Gasteiger partial charge on any atom is 0.326 e. The molecule has 0 saturated heterocycles. The second-order valence-corrected chi connectivity index (χ2v) is 6.73. The molecule has 0 radical (unpaired) electrons. The molecule has 27 heavy (non-hydrogen) atoms. The fourth-order valence-corrected chi connectivity index (χ4v) is 3.16. The van der Waals surface area contributed by atoms with Gasteiger partial charge >= 0.3 is 5.97 Å². The molecular formula is C19H16Cl2N2O4. The van der Waals surface area contributed by atoms with Crippen LogP contribution in [0.2, 0.25) is 10.0 Å². The molecule has 0 aliphatic rings. The Hall–Kier alpha value is -2.70. The smallest absolute Gasteiger partial charge is 0.326 e. The number of benzene rings is 2. The predicted octanol–water partition coefficient (Wildman–Crippen LogP) is 3.67. The zero-order chi connectivity index (χ0) is 19.4. The fraction of sp³-hybridized carbons (Fsp3) is 0.158. The maximum absolute atomic E-state index is 12.1. The van der Waals surface area contributed by atoms with Crippen molar-refractivity contribution in [2.45, 2.75) is 12.5 Å². The molecule has 1 atom stereocenters. The Morgan fingerprint density at radius 2 is 1.96 bits per heavy atom. The van der Waals surface area contributed by atoms with Gasteiger partial charge in [0, 0.05) is 28.5 Å². The van der Waals surface area contributed by atoms with Crippen LogP contribution in [0, 0.1) is 0 Å². The number of aromatic nitrogens is 1. The Labute approximate surface area is 165 Å². The van der Waals surface area contributed by atoms with Crippen molar-refractivity contribution >= 4 is 46.0 Å². The summed E-state index contributed by atoms with van der Waals surface area (Å²) in [6.07, 6.45) is 1.89. The number of rotatable bonds is 7. The van der Waals surface area contributed by atoms with Crippen molar-refractivity contribution in [2.24, 2.45) is 0 Å². The van der Waals surface area contributed by atoms with E-state index in [1.807, 2.05) is 24.3 Å². The lowest BCUT2D eigenvalue weighted by molar-refractivity contribution is -0.142. The minimum atomic E-state index is -1.13. The number of carbonyl (C=O) groups excluding carboxylic acids is 1. The highest BCUT2D eigenvalue weighted by Crippen LogP contribution is 2.27. The number of carboxylic acids is 1. The van der Waals surface area contributed by atoms with Gasteiger partial charge in [0.1, 0.15) is 11.8 Å². The number of halogens is 2. The second kappa shape index (κ2) is 8.33. The first-order chi connectivity index (χ1) is 12.9. The van der Waals surface area contributed by atoms with Gasteiger partial charge in [0.15, 0.2) is 6.61 Å². The molecule has 0 saturated carbocycles. The van der Waals surface area contributed by atoms with Crippen LogP contribution in [0.3, 0.4) is 0 Å². The van der Waals surface area contributed by atoms with E-state index in [0.29, 0.717) is 10.8 Å². The van der Waals surface area contributed by atoms with Gasteiger partial charge in [-0.15, -0.1) is 0 Å². The lowest BCUT2D eigenvalue weighted by Gasteiger charge is -2.15. The summed E-state index contributed by atoms with van der Waals surface area (Å²) in [5.74, 6) is -1.40. The summed E-state index contributed by atoms with van der Waals surface area (Å²) in [6.45, 7) is -0.362. The van der Waals surface area contributed by atoms with E-state index in [2.05, 4.69) is 10.3 Å². The van der Waals surface area contributed by atoms with E-state index in [-0.39, 0.29) is 18.1 Å². The molecule has 3 rings (SSSR count). The molecule has 140 valence electrons. The van der Waals surface area contributed by atoms with Crippen molar-refractivity contribution in [1.29, 1.82) is 0 Å². The van der Waals surface area contributed by atoms with Crippen LogP contribution < -0.4 is 10.1 Å². The Morgan fingerprint density at radius 3 is 2.70 bits per heavy atom. The van der Waals surface area contributed by atoms with E-state index in [9.17, 15) is 14.7 Å². The maximum atomic E-state index is 12.1. The number of carbonyl (C=O) groups is 2. The second-order valence-electron chi connectivity index (χ2n) is 5.89. The molecule has 2 aromatic carbocycles. The topological polar surface area (TPSA) is 91.4 Å². The van der Waals surface area contributed by atoms with Gasteiger partial charge in [0.25, 0.3) is 5.91 Å². The summed E-state index contributed by atoms with van der Waals surface area (Å²) in [5, 5.41) is 13.6. The molecule has 0 unspecified atom stereocenters. The van der Waals surface area contributed by atoms with E-state index < -0.39 is 17.9 Å². The summed E-state index contributed by atoms with van der Waals surface area (Å²) < 4.78 is 5.34. The first-order valence-corrected chi connectivity index (χ1v) is 8.84. The minimum Gasteiger partial charge on any atom is -0.482 e. The highest BCUT2D eigenvalue weighted by Gasteiger charge is 2.22. The molecule has 8 heteroatoms. The molecule has 1 heterocycles. The van der Waals surface area contributed by atoms with E-state index in [1.165, 1.54) is 6.07 Å². The van der Waals surface area contributed by atoms with Crippen LogP contribution in [0.1, 0.15) is 5.56 Å². The normalized spacial score (nSPS) is 11.9. The van der Waals surface area contributed by atoms with Gasteiger partial charge in [0.2, 0.25) is 0 Å². The van der Waals surface area contributed by atoms with Crippen molar-refractivity contribution in [2.75, 3.05) is 6.61 Å². The lowest BCUT2D eigenvalue weighted by atomic mass is 10.1. The standard InChI is InChI=1S/C19H16Cl2N2O4/c20-12-5-6-17(14(21)8-12)27-10-18(24)23-16(19(25)26)7-11-9-22-15-4-2-1-3-13(11)15/h1-6,8-9,16,22H,7,10H2,(H,23,24)(H,25,26)/t16-/m1/s1. The first kappa shape index (κ1) is 19.1. The SMILES string of the molecule is O=C(COc1ccc(Cl)cc1Cl)N[C@H](Cc1c[nH]c2ccccc12)C(=O)O. The number of nitrogens with one attached hydrogen (secondary N) is 2. The Bertz CT molecular complexity index is 987. The van der Waals surface area contributed by atoms with Crippen molar-refractivity contribution in [1.82, 2.24) is 10.3 Å². The monoisotopic (exact) mass is 406 g/mol. The van der Waals surface area contributed by atoms with Crippen LogP contribution in [-0.2, 0) is 16.0 Å². The molecule has 0 fully saturated rings. The first-order valence-electron chi connectivity index (χ1n) is 8.09. The molecule has 3 aromatic rings. The third kappa shape index (κ3) is 4.72. The average molecular weight is 407 g/mol. The largest absolute Gasteiger partial charge is 0.482 e. The van der Waals surface area contributed by atoms with Crippen LogP contribution in [0.15, 0.2) is 48.7 Å². The summed E-state index contributed by atoms with van der Waals surface area (Å²) in [4.78, 5) is 26.8. The molecule has 3 N–H and O–H groups in total. The van der Waals surface area contributed by atoms with Gasteiger partial charge < -0.3 is 20.1 Å². The van der Waals surface area contributed by atoms with Gasteiger partial charge in [0.05, 0.1) is 5.02 Å². The predicted molar refractivity (Wildman–Crippen MR) is 104 cm³/mol. The number of hydrogen-bond donors (Lipinski definition) is 3. The zero-order valence-electron chi connectivity index (χ0n) is 14.0. The van der Waals surface area contributed by atoms with Crippen LogP contribution >= 0.6 is 23.2 Å². The average Bonchev–Trinajstić information content (AvgIpc) is 3.03. The Balaban J connectivity index is 1.63. The summed E-state index contributed by atoms with van der Waals surface area (Å²) in [7, 11) is 0. The van der Waals surface area contributed by atoms with Crippen LogP contribution in [0.5, 0.6) is 5.75 Å². The van der Waals surface area contributed by atoms with Crippen LogP contribution in [0.4, 0.5) is 0 Å². The molecule has 0 bridgehead atoms. The zero-order valence-corrected chi connectivity index (χ0v) is 15.6. The molecule has 0 aliphatic heterocycles. The third-order valence-corrected chi connectivity index (χ3v) is 4.52. The molecule has 1 amide bonds. The molecular weight excluding hydrogens is 391 g/mol. The fourth-order valence-electron chi connectivity index (χ4n) is 2.69. The van der Waals surface area contributed by atoms with Crippen molar-refractivity contribution in [3.63, 3.8) is 0 Å². The number of H-pyrrole nitrogens is 1. The van der Waals surface area contributed by atoms with Gasteiger partial charge in [-0.2, -0.15) is 0 Å². The Kier molecular flexibility index (Phi) is 5.88. The highest BCUT2D eigenvalue weighted by atomic mass is 35.5. The van der Waals surface area contributed by atoms with E-state index >= 15 is 0 Å².